The van der Waals surface area contributed by atoms with E-state index in [0.717, 1.165) is 25.1 Å². The molecule has 90 valence electrons. The van der Waals surface area contributed by atoms with Crippen LogP contribution in [0.2, 0.25) is 0 Å². The molecule has 1 aromatic rings. The average molecular weight is 223 g/mol. The van der Waals surface area contributed by atoms with Crippen molar-refractivity contribution in [3.05, 3.63) is 17.9 Å². The number of hydrogen-bond donors (Lipinski definition) is 0. The number of anilines is 1. The predicted molar refractivity (Wildman–Crippen MR) is 65.5 cm³/mol. The Bertz CT molecular complexity index is 341. The second-order valence-corrected chi connectivity index (χ2v) is 4.38. The van der Waals surface area contributed by atoms with Crippen LogP contribution in [0.3, 0.4) is 0 Å². The molecule has 0 aliphatic carbocycles. The van der Waals surface area contributed by atoms with Gasteiger partial charge in [-0.3, -0.25) is 9.69 Å². The topological polar surface area (TPSA) is 33.5 Å². The van der Waals surface area contributed by atoms with Gasteiger partial charge < -0.3 is 4.42 Å². The van der Waals surface area contributed by atoms with E-state index >= 15 is 0 Å². The van der Waals surface area contributed by atoms with Crippen LogP contribution in [0.5, 0.6) is 0 Å². The minimum atomic E-state index is 0.00209. The third-order valence-electron chi connectivity index (χ3n) is 2.49. The molecule has 0 aliphatic rings. The van der Waals surface area contributed by atoms with Crippen LogP contribution in [-0.2, 0) is 4.79 Å². The van der Waals surface area contributed by atoms with Gasteiger partial charge in [-0.1, -0.05) is 27.2 Å². The first-order chi connectivity index (χ1) is 7.56. The normalized spacial score (nSPS) is 10.8. The van der Waals surface area contributed by atoms with Crippen LogP contribution in [0.25, 0.3) is 0 Å². The summed E-state index contributed by atoms with van der Waals surface area (Å²) in [5.41, 5.74) is 0. The third kappa shape index (κ3) is 3.12. The SMILES string of the molecule is CCCCN(C(=O)C(C)C)c1ccc(C)o1. The van der Waals surface area contributed by atoms with Crippen LogP contribution in [0.1, 0.15) is 39.4 Å². The van der Waals surface area contributed by atoms with E-state index in [2.05, 4.69) is 6.92 Å². The van der Waals surface area contributed by atoms with Crippen LogP contribution in [0, 0.1) is 12.8 Å². The molecule has 0 radical (unpaired) electrons. The summed E-state index contributed by atoms with van der Waals surface area (Å²) in [5.74, 6) is 1.64. The summed E-state index contributed by atoms with van der Waals surface area (Å²) in [6.45, 7) is 8.57. The Morgan fingerprint density at radius 1 is 1.44 bits per heavy atom. The fourth-order valence-corrected chi connectivity index (χ4v) is 1.52. The van der Waals surface area contributed by atoms with Gasteiger partial charge in [0.05, 0.1) is 0 Å². The van der Waals surface area contributed by atoms with Crippen LogP contribution < -0.4 is 4.90 Å². The largest absolute Gasteiger partial charge is 0.445 e. The Hall–Kier alpha value is -1.25. The van der Waals surface area contributed by atoms with Crippen molar-refractivity contribution >= 4 is 11.8 Å². The van der Waals surface area contributed by atoms with Crippen molar-refractivity contribution in [1.29, 1.82) is 0 Å². The smallest absolute Gasteiger partial charge is 0.231 e. The number of carbonyl (C=O) groups excluding carboxylic acids is 1. The van der Waals surface area contributed by atoms with Gasteiger partial charge in [0.2, 0.25) is 11.8 Å². The summed E-state index contributed by atoms with van der Waals surface area (Å²) >= 11 is 0. The summed E-state index contributed by atoms with van der Waals surface area (Å²) in [4.78, 5) is 13.8. The Kier molecular flexibility index (Phi) is 4.59. The summed E-state index contributed by atoms with van der Waals surface area (Å²) in [7, 11) is 0. The lowest BCUT2D eigenvalue weighted by Crippen LogP contribution is -2.34. The van der Waals surface area contributed by atoms with E-state index in [1.807, 2.05) is 32.9 Å². The molecule has 0 unspecified atom stereocenters. The molecule has 0 saturated heterocycles. The van der Waals surface area contributed by atoms with E-state index < -0.39 is 0 Å². The zero-order valence-corrected chi connectivity index (χ0v) is 10.6. The standard InChI is InChI=1S/C13H21NO2/c1-5-6-9-14(13(15)10(2)3)12-8-7-11(4)16-12/h7-8,10H,5-6,9H2,1-4H3. The van der Waals surface area contributed by atoms with Gasteiger partial charge in [-0.05, 0) is 19.4 Å². The Balaban J connectivity index is 2.82. The highest BCUT2D eigenvalue weighted by Crippen LogP contribution is 2.20. The van der Waals surface area contributed by atoms with Crippen molar-refractivity contribution < 1.29 is 9.21 Å². The molecule has 1 amide bonds. The first-order valence-corrected chi connectivity index (χ1v) is 5.94. The van der Waals surface area contributed by atoms with E-state index in [1.54, 1.807) is 4.90 Å². The van der Waals surface area contributed by atoms with Crippen molar-refractivity contribution in [1.82, 2.24) is 0 Å². The zero-order valence-electron chi connectivity index (χ0n) is 10.6. The second kappa shape index (κ2) is 5.73. The quantitative estimate of drug-likeness (QED) is 0.766. The molecular weight excluding hydrogens is 202 g/mol. The molecule has 0 aliphatic heterocycles. The number of hydrogen-bond acceptors (Lipinski definition) is 2. The van der Waals surface area contributed by atoms with E-state index in [4.69, 9.17) is 4.42 Å². The van der Waals surface area contributed by atoms with Gasteiger partial charge in [-0.15, -0.1) is 0 Å². The predicted octanol–water partition coefficient (Wildman–Crippen LogP) is 3.38. The molecule has 0 saturated carbocycles. The third-order valence-corrected chi connectivity index (χ3v) is 2.49. The molecule has 1 rings (SSSR count). The molecule has 0 atom stereocenters. The number of aryl methyl sites for hydroxylation is 1. The molecule has 0 fully saturated rings. The monoisotopic (exact) mass is 223 g/mol. The van der Waals surface area contributed by atoms with Crippen molar-refractivity contribution in [3.8, 4) is 0 Å². The highest BCUT2D eigenvalue weighted by molar-refractivity contribution is 5.93. The maximum absolute atomic E-state index is 12.0. The zero-order chi connectivity index (χ0) is 12.1. The summed E-state index contributed by atoms with van der Waals surface area (Å²) in [6.07, 6.45) is 2.07. The number of unbranched alkanes of at least 4 members (excludes halogenated alkanes) is 1. The lowest BCUT2D eigenvalue weighted by molar-refractivity contribution is -0.121. The van der Waals surface area contributed by atoms with Crippen LogP contribution in [0.15, 0.2) is 16.5 Å². The van der Waals surface area contributed by atoms with Crippen molar-refractivity contribution in [3.63, 3.8) is 0 Å². The first-order valence-electron chi connectivity index (χ1n) is 5.94. The van der Waals surface area contributed by atoms with Crippen molar-refractivity contribution in [2.45, 2.75) is 40.5 Å². The Morgan fingerprint density at radius 3 is 2.56 bits per heavy atom. The molecule has 0 N–H and O–H groups in total. The van der Waals surface area contributed by atoms with E-state index in [9.17, 15) is 4.79 Å². The van der Waals surface area contributed by atoms with Crippen LogP contribution in [-0.4, -0.2) is 12.5 Å². The Morgan fingerprint density at radius 2 is 2.12 bits per heavy atom. The lowest BCUT2D eigenvalue weighted by atomic mass is 10.2. The average Bonchev–Trinajstić information content (AvgIpc) is 2.65. The number of furan rings is 1. The molecule has 1 aromatic heterocycles. The fourth-order valence-electron chi connectivity index (χ4n) is 1.52. The minimum Gasteiger partial charge on any atom is -0.445 e. The Labute approximate surface area is 97.4 Å². The maximum atomic E-state index is 12.0. The maximum Gasteiger partial charge on any atom is 0.231 e. The second-order valence-electron chi connectivity index (χ2n) is 4.38. The highest BCUT2D eigenvalue weighted by Gasteiger charge is 2.20. The van der Waals surface area contributed by atoms with Gasteiger partial charge in [-0.2, -0.15) is 0 Å². The van der Waals surface area contributed by atoms with Gasteiger partial charge >= 0.3 is 0 Å². The number of carbonyl (C=O) groups is 1. The summed E-state index contributed by atoms with van der Waals surface area (Å²) in [6, 6.07) is 3.76. The first kappa shape index (κ1) is 12.8. The fraction of sp³-hybridized carbons (Fsp3) is 0.615. The summed E-state index contributed by atoms with van der Waals surface area (Å²) in [5, 5.41) is 0. The van der Waals surface area contributed by atoms with Gasteiger partial charge in [0, 0.05) is 18.5 Å². The van der Waals surface area contributed by atoms with Crippen molar-refractivity contribution in [2.75, 3.05) is 11.4 Å². The molecular formula is C13H21NO2. The molecule has 1 heterocycles. The minimum absolute atomic E-state index is 0.00209. The number of rotatable bonds is 5. The number of nitrogens with zero attached hydrogens (tertiary/aromatic N) is 1. The molecule has 3 nitrogen and oxygen atoms in total. The van der Waals surface area contributed by atoms with Gasteiger partial charge in [0.15, 0.2) is 0 Å². The molecule has 3 heteroatoms. The van der Waals surface area contributed by atoms with Gasteiger partial charge in [0.25, 0.3) is 0 Å². The summed E-state index contributed by atoms with van der Waals surface area (Å²) < 4.78 is 5.52. The number of amides is 1. The van der Waals surface area contributed by atoms with E-state index in [0.29, 0.717) is 5.88 Å². The van der Waals surface area contributed by atoms with Crippen LogP contribution in [0.4, 0.5) is 5.88 Å². The molecule has 0 bridgehead atoms. The van der Waals surface area contributed by atoms with Crippen molar-refractivity contribution in [2.24, 2.45) is 5.92 Å². The van der Waals surface area contributed by atoms with E-state index in [1.165, 1.54) is 0 Å². The highest BCUT2D eigenvalue weighted by atomic mass is 16.4. The molecule has 0 spiro atoms. The van der Waals surface area contributed by atoms with Gasteiger partial charge in [-0.25, -0.2) is 0 Å². The van der Waals surface area contributed by atoms with E-state index in [-0.39, 0.29) is 11.8 Å². The lowest BCUT2D eigenvalue weighted by Gasteiger charge is -2.21. The van der Waals surface area contributed by atoms with Gasteiger partial charge in [0.1, 0.15) is 5.76 Å². The molecule has 0 aromatic carbocycles. The van der Waals surface area contributed by atoms with Crippen LogP contribution >= 0.6 is 0 Å². The molecule has 16 heavy (non-hydrogen) atoms.